The molecule has 29 heavy (non-hydrogen) atoms. The van der Waals surface area contributed by atoms with Crippen molar-refractivity contribution in [3.63, 3.8) is 0 Å². The van der Waals surface area contributed by atoms with Gasteiger partial charge in [0.1, 0.15) is 6.10 Å². The predicted molar refractivity (Wildman–Crippen MR) is 119 cm³/mol. The summed E-state index contributed by atoms with van der Waals surface area (Å²) in [6.07, 6.45) is 16.0. The van der Waals surface area contributed by atoms with E-state index in [1.165, 1.54) is 5.54 Å². The summed E-state index contributed by atoms with van der Waals surface area (Å²) in [5.74, 6) is 0. The van der Waals surface area contributed by atoms with Crippen molar-refractivity contribution < 1.29 is 26.2 Å². The minimum Gasteiger partial charge on any atom is -0.307 e. The molecule has 1 aromatic carbocycles. The van der Waals surface area contributed by atoms with Gasteiger partial charge >= 0.3 is 17.1 Å². The Morgan fingerprint density at radius 1 is 0.931 bits per heavy atom. The van der Waals surface area contributed by atoms with Gasteiger partial charge in [0.25, 0.3) is 7.52 Å². The van der Waals surface area contributed by atoms with Crippen molar-refractivity contribution in [2.45, 2.75) is 38.7 Å². The Bertz CT molecular complexity index is 670. The van der Waals surface area contributed by atoms with Gasteiger partial charge in [0.2, 0.25) is 0 Å². The molecule has 1 aromatic rings. The van der Waals surface area contributed by atoms with Crippen LogP contribution in [0.3, 0.4) is 0 Å². The van der Waals surface area contributed by atoms with Gasteiger partial charge in [-0.25, -0.2) is 4.67 Å². The third-order valence-electron chi connectivity index (χ3n) is 5.29. The van der Waals surface area contributed by atoms with E-state index >= 15 is 0 Å². The predicted octanol–water partition coefficient (Wildman–Crippen LogP) is 5.90. The Hall–Kier alpha value is 0.106. The van der Waals surface area contributed by atoms with Crippen molar-refractivity contribution >= 4 is 15.6 Å². The second-order valence-corrected chi connectivity index (χ2v) is 15.7. The first-order valence-electron chi connectivity index (χ1n) is 9.75. The van der Waals surface area contributed by atoms with E-state index in [2.05, 4.69) is 45.1 Å². The molecule has 3 aliphatic rings. The van der Waals surface area contributed by atoms with Gasteiger partial charge in [-0.1, -0.05) is 50.0 Å². The molecule has 4 rings (SSSR count). The molecule has 3 atom stereocenters. The van der Waals surface area contributed by atoms with Crippen molar-refractivity contribution in [1.29, 1.82) is 0 Å². The molecular formula is C23H30FeNO2PSi+2. The number of hydrogen-bond donors (Lipinski definition) is 0. The molecule has 3 nitrogen and oxygen atoms in total. The van der Waals surface area contributed by atoms with E-state index in [4.69, 9.17) is 4.52 Å². The number of benzene rings is 1. The minimum absolute atomic E-state index is 0. The number of hydrogen-bond acceptors (Lipinski definition) is 2. The van der Waals surface area contributed by atoms with Gasteiger partial charge in [-0.3, -0.25) is 4.57 Å². The third-order valence-corrected chi connectivity index (χ3v) is 10.3. The molecule has 10 radical (unpaired) electrons. The molecule has 0 unspecified atom stereocenters. The summed E-state index contributed by atoms with van der Waals surface area (Å²) in [6.45, 7) is 8.94. The van der Waals surface area contributed by atoms with E-state index in [0.717, 1.165) is 11.2 Å². The van der Waals surface area contributed by atoms with Crippen LogP contribution in [0.4, 0.5) is 0 Å². The third kappa shape index (κ3) is 5.67. The summed E-state index contributed by atoms with van der Waals surface area (Å²) in [4.78, 5) is 0. The Labute approximate surface area is 190 Å². The fourth-order valence-corrected chi connectivity index (χ4v) is 8.91. The summed E-state index contributed by atoms with van der Waals surface area (Å²) in [5, 5.41) is 0. The molecule has 0 aromatic heterocycles. The summed E-state index contributed by atoms with van der Waals surface area (Å²) < 4.78 is 22.0. The molecule has 1 heterocycles. The average Bonchev–Trinajstić information content (AvgIpc) is 3.42. The monoisotopic (exact) mass is 467 g/mol. The van der Waals surface area contributed by atoms with Crippen molar-refractivity contribution in [3.05, 3.63) is 98.5 Å². The zero-order valence-corrected chi connectivity index (χ0v) is 20.7. The van der Waals surface area contributed by atoms with E-state index in [1.54, 1.807) is 0 Å². The first kappa shape index (κ1) is 25.4. The van der Waals surface area contributed by atoms with Crippen LogP contribution in [0, 0.1) is 62.6 Å². The molecule has 1 saturated heterocycles. The quantitative estimate of drug-likeness (QED) is 0.410. The molecule has 0 amide bonds. The van der Waals surface area contributed by atoms with Crippen LogP contribution in [0.15, 0.2) is 30.3 Å². The van der Waals surface area contributed by atoms with Gasteiger partial charge in [0, 0.05) is 6.04 Å². The van der Waals surface area contributed by atoms with Crippen molar-refractivity contribution in [3.8, 4) is 0 Å². The number of rotatable bonds is 3. The molecule has 154 valence electrons. The summed E-state index contributed by atoms with van der Waals surface area (Å²) in [5.41, 5.74) is 3.24. The molecule has 2 aliphatic carbocycles. The van der Waals surface area contributed by atoms with Gasteiger partial charge in [0.05, 0.1) is 13.7 Å². The summed E-state index contributed by atoms with van der Waals surface area (Å²) in [7, 11) is -2.66. The molecule has 0 N–H and O–H groups in total. The Kier molecular flexibility index (Phi) is 9.29. The molecule has 0 spiro atoms. The Balaban J connectivity index is 0.000000437. The second-order valence-electron chi connectivity index (χ2n) is 8.31. The first-order chi connectivity index (χ1) is 13.2. The standard InChI is InChI=1S/C18H25NO2PSi.C5H5.Fe/c1-14-18(15-10-7-6-8-11-15)21-22(20,19(14)2)16-12-9-13-17(16)23(3,4)5;1-2-4-5-3-1;/h6-14,18H,1-5H3;1-5H;/q;;+2/t14-,18-,22-;;/m0../s1. The number of nitrogens with zero attached hydrogens (tertiary/aromatic N) is 1. The molecular weight excluding hydrogens is 437 g/mol. The molecule has 2 saturated carbocycles. The van der Waals surface area contributed by atoms with Crippen molar-refractivity contribution in [2.75, 3.05) is 7.05 Å². The van der Waals surface area contributed by atoms with E-state index in [0.29, 0.717) is 0 Å². The van der Waals surface area contributed by atoms with Gasteiger partial charge in [-0.2, -0.15) is 0 Å². The second kappa shape index (κ2) is 10.6. The average molecular weight is 467 g/mol. The van der Waals surface area contributed by atoms with Crippen LogP contribution in [-0.4, -0.2) is 25.8 Å². The van der Waals surface area contributed by atoms with E-state index < -0.39 is 15.6 Å². The fraction of sp³-hybridized carbons (Fsp3) is 0.304. The summed E-state index contributed by atoms with van der Waals surface area (Å²) in [6, 6.07) is 10.2. The first-order valence-corrected chi connectivity index (χ1v) is 14.8. The van der Waals surface area contributed by atoms with Gasteiger partial charge in [0.15, 0.2) is 0 Å². The maximum Gasteiger partial charge on any atom is 2.00 e. The van der Waals surface area contributed by atoms with E-state index in [-0.39, 0.29) is 29.2 Å². The van der Waals surface area contributed by atoms with Crippen LogP contribution < -0.4 is 0 Å². The fourth-order valence-electron chi connectivity index (χ4n) is 3.57. The summed E-state index contributed by atoms with van der Waals surface area (Å²) >= 11 is 0. The minimum atomic E-state index is -3.01. The van der Waals surface area contributed by atoms with Crippen LogP contribution in [0.2, 0.25) is 19.6 Å². The van der Waals surface area contributed by atoms with E-state index in [1.807, 2.05) is 74.9 Å². The van der Waals surface area contributed by atoms with Gasteiger partial charge in [-0.15, -0.1) is 0 Å². The van der Waals surface area contributed by atoms with E-state index in [9.17, 15) is 4.57 Å². The molecule has 3 fully saturated rings. The maximum absolute atomic E-state index is 13.8. The maximum atomic E-state index is 13.8. The van der Waals surface area contributed by atoms with Crippen molar-refractivity contribution in [1.82, 2.24) is 4.67 Å². The largest absolute Gasteiger partial charge is 2.00 e. The van der Waals surface area contributed by atoms with Crippen LogP contribution in [0.25, 0.3) is 0 Å². The van der Waals surface area contributed by atoms with Crippen LogP contribution in [-0.2, 0) is 26.2 Å². The van der Waals surface area contributed by atoms with Crippen LogP contribution in [0.1, 0.15) is 18.6 Å². The zero-order valence-electron chi connectivity index (χ0n) is 17.7. The molecule has 1 aliphatic heterocycles. The van der Waals surface area contributed by atoms with Gasteiger partial charge in [-0.05, 0) is 76.4 Å². The molecule has 0 bridgehead atoms. The topological polar surface area (TPSA) is 29.5 Å². The zero-order chi connectivity index (χ0) is 20.4. The van der Waals surface area contributed by atoms with Crippen LogP contribution in [0.5, 0.6) is 0 Å². The Morgan fingerprint density at radius 3 is 2.00 bits per heavy atom. The molecule has 6 heteroatoms. The smallest absolute Gasteiger partial charge is 0.307 e. The number of likely N-dealkylation sites (N-methyl/N-ethyl adjacent to an activating group) is 1. The van der Waals surface area contributed by atoms with Gasteiger partial charge < -0.3 is 4.52 Å². The van der Waals surface area contributed by atoms with Crippen LogP contribution >= 0.6 is 7.52 Å². The Morgan fingerprint density at radius 2 is 1.48 bits per heavy atom. The normalized spacial score (nSPS) is 31.3. The van der Waals surface area contributed by atoms with Crippen molar-refractivity contribution in [2.24, 2.45) is 0 Å². The SMILES string of the molecule is C[C@H]1[C@@H](c2ccccc2)O[P@@](=O)([C]2[CH][CH][CH][C]2[Si](C)(C)C)N1C.[CH]1[CH][CH][CH][CH]1.[Fe+2].